The third-order valence-electron chi connectivity index (χ3n) is 2.71. The molecule has 2 heteroatoms. The highest BCUT2D eigenvalue weighted by molar-refractivity contribution is 5.63. The maximum atomic E-state index is 5.68. The molecule has 0 saturated heterocycles. The molecule has 0 spiro atoms. The van der Waals surface area contributed by atoms with Crippen LogP contribution in [0.15, 0.2) is 40.8 Å². The van der Waals surface area contributed by atoms with Crippen molar-refractivity contribution in [3.63, 3.8) is 0 Å². The Balaban J connectivity index is 2.46. The summed E-state index contributed by atoms with van der Waals surface area (Å²) in [5.74, 6) is 2.22. The molecule has 0 unspecified atom stereocenters. The first-order valence-corrected chi connectivity index (χ1v) is 5.60. The molecule has 0 aliphatic rings. The molecule has 84 valence electrons. The Bertz CT molecular complexity index is 471. The van der Waals surface area contributed by atoms with Crippen LogP contribution in [-0.2, 0) is 6.54 Å². The van der Waals surface area contributed by atoms with Gasteiger partial charge in [-0.25, -0.2) is 0 Å². The summed E-state index contributed by atoms with van der Waals surface area (Å²) < 4.78 is 5.68. The van der Waals surface area contributed by atoms with Gasteiger partial charge in [-0.2, -0.15) is 0 Å². The zero-order valence-corrected chi connectivity index (χ0v) is 9.73. The van der Waals surface area contributed by atoms with Crippen LogP contribution >= 0.6 is 0 Å². The maximum absolute atomic E-state index is 5.68. The van der Waals surface area contributed by atoms with Crippen molar-refractivity contribution in [3.8, 4) is 11.3 Å². The second kappa shape index (κ2) is 4.54. The molecule has 0 atom stereocenters. The summed E-state index contributed by atoms with van der Waals surface area (Å²) in [5, 5.41) is 0. The van der Waals surface area contributed by atoms with E-state index in [1.807, 2.05) is 18.2 Å². The lowest BCUT2D eigenvalue weighted by molar-refractivity contribution is 0.524. The minimum absolute atomic E-state index is 0.448. The number of furan rings is 1. The van der Waals surface area contributed by atoms with Crippen molar-refractivity contribution in [2.75, 3.05) is 0 Å². The van der Waals surface area contributed by atoms with E-state index in [1.54, 1.807) is 0 Å². The molecule has 0 fully saturated rings. The standard InChI is InChI=1S/C14H17NO/c1-10(2)12-5-3-4-6-13(12)14-8-7-11(9-15)16-14/h3-8,10H,9,15H2,1-2H3. The normalized spacial score (nSPS) is 11.0. The van der Waals surface area contributed by atoms with Gasteiger partial charge in [0.15, 0.2) is 0 Å². The van der Waals surface area contributed by atoms with Crippen LogP contribution in [0.4, 0.5) is 0 Å². The van der Waals surface area contributed by atoms with E-state index in [1.165, 1.54) is 5.56 Å². The van der Waals surface area contributed by atoms with Gasteiger partial charge in [-0.1, -0.05) is 38.1 Å². The van der Waals surface area contributed by atoms with Crippen molar-refractivity contribution in [2.45, 2.75) is 26.3 Å². The number of hydrogen-bond donors (Lipinski definition) is 1. The van der Waals surface area contributed by atoms with Gasteiger partial charge in [-0.3, -0.25) is 0 Å². The molecule has 0 saturated carbocycles. The molecule has 0 aliphatic heterocycles. The van der Waals surface area contributed by atoms with Crippen molar-refractivity contribution in [2.24, 2.45) is 5.73 Å². The Morgan fingerprint density at radius 1 is 1.12 bits per heavy atom. The minimum atomic E-state index is 0.448. The number of rotatable bonds is 3. The van der Waals surface area contributed by atoms with Crippen molar-refractivity contribution in [1.29, 1.82) is 0 Å². The topological polar surface area (TPSA) is 39.2 Å². The molecule has 2 N–H and O–H groups in total. The van der Waals surface area contributed by atoms with E-state index in [0.717, 1.165) is 17.1 Å². The zero-order chi connectivity index (χ0) is 11.5. The van der Waals surface area contributed by atoms with Crippen molar-refractivity contribution >= 4 is 0 Å². The first-order chi connectivity index (χ1) is 7.72. The molecule has 1 aromatic heterocycles. The molecule has 16 heavy (non-hydrogen) atoms. The summed E-state index contributed by atoms with van der Waals surface area (Å²) in [6, 6.07) is 12.3. The molecular formula is C14H17NO. The first-order valence-electron chi connectivity index (χ1n) is 5.60. The summed E-state index contributed by atoms with van der Waals surface area (Å²) in [7, 11) is 0. The second-order valence-electron chi connectivity index (χ2n) is 4.21. The van der Waals surface area contributed by atoms with Gasteiger partial charge in [-0.15, -0.1) is 0 Å². The summed E-state index contributed by atoms with van der Waals surface area (Å²) >= 11 is 0. The zero-order valence-electron chi connectivity index (χ0n) is 9.73. The fourth-order valence-corrected chi connectivity index (χ4v) is 1.86. The average molecular weight is 215 g/mol. The second-order valence-corrected chi connectivity index (χ2v) is 4.21. The highest BCUT2D eigenvalue weighted by Gasteiger charge is 2.10. The number of nitrogens with two attached hydrogens (primary N) is 1. The van der Waals surface area contributed by atoms with Gasteiger partial charge in [0.2, 0.25) is 0 Å². The summed E-state index contributed by atoms with van der Waals surface area (Å²) in [6.07, 6.45) is 0. The fraction of sp³-hybridized carbons (Fsp3) is 0.286. The summed E-state index contributed by atoms with van der Waals surface area (Å²) in [6.45, 7) is 4.82. The Morgan fingerprint density at radius 2 is 1.88 bits per heavy atom. The lowest BCUT2D eigenvalue weighted by Crippen LogP contribution is -1.93. The third-order valence-corrected chi connectivity index (χ3v) is 2.71. The Labute approximate surface area is 96.1 Å². The van der Waals surface area contributed by atoms with Gasteiger partial charge in [-0.05, 0) is 23.6 Å². The molecule has 0 amide bonds. The van der Waals surface area contributed by atoms with Crippen molar-refractivity contribution in [3.05, 3.63) is 47.7 Å². The summed E-state index contributed by atoms with van der Waals surface area (Å²) in [4.78, 5) is 0. The van der Waals surface area contributed by atoms with E-state index in [4.69, 9.17) is 10.2 Å². The highest BCUT2D eigenvalue weighted by Crippen LogP contribution is 2.30. The molecule has 2 aromatic rings. The molecule has 0 aliphatic carbocycles. The fourth-order valence-electron chi connectivity index (χ4n) is 1.86. The van der Waals surface area contributed by atoms with E-state index in [9.17, 15) is 0 Å². The van der Waals surface area contributed by atoms with E-state index < -0.39 is 0 Å². The highest BCUT2D eigenvalue weighted by atomic mass is 16.3. The lowest BCUT2D eigenvalue weighted by atomic mass is 9.96. The minimum Gasteiger partial charge on any atom is -0.460 e. The Morgan fingerprint density at radius 3 is 2.50 bits per heavy atom. The van der Waals surface area contributed by atoms with Crippen LogP contribution in [0.5, 0.6) is 0 Å². The molecular weight excluding hydrogens is 198 g/mol. The summed E-state index contributed by atoms with van der Waals surface area (Å²) in [5.41, 5.74) is 8.02. The molecule has 2 nitrogen and oxygen atoms in total. The lowest BCUT2D eigenvalue weighted by Gasteiger charge is -2.10. The van der Waals surface area contributed by atoms with Crippen LogP contribution in [0.25, 0.3) is 11.3 Å². The molecule has 1 aromatic carbocycles. The smallest absolute Gasteiger partial charge is 0.134 e. The van der Waals surface area contributed by atoms with Gasteiger partial charge >= 0.3 is 0 Å². The first kappa shape index (κ1) is 11.0. The van der Waals surface area contributed by atoms with Crippen LogP contribution in [-0.4, -0.2) is 0 Å². The molecule has 2 rings (SSSR count). The van der Waals surface area contributed by atoms with Crippen LogP contribution < -0.4 is 5.73 Å². The quantitative estimate of drug-likeness (QED) is 0.850. The van der Waals surface area contributed by atoms with E-state index in [0.29, 0.717) is 12.5 Å². The van der Waals surface area contributed by atoms with Gasteiger partial charge in [0.25, 0.3) is 0 Å². The van der Waals surface area contributed by atoms with Gasteiger partial charge < -0.3 is 10.2 Å². The van der Waals surface area contributed by atoms with Crippen molar-refractivity contribution < 1.29 is 4.42 Å². The SMILES string of the molecule is CC(C)c1ccccc1-c1ccc(CN)o1. The van der Waals surface area contributed by atoms with Crippen LogP contribution in [0.1, 0.15) is 31.1 Å². The molecule has 0 radical (unpaired) electrons. The van der Waals surface area contributed by atoms with E-state index in [2.05, 4.69) is 32.0 Å². The van der Waals surface area contributed by atoms with Crippen LogP contribution in [0.3, 0.4) is 0 Å². The Kier molecular flexibility index (Phi) is 3.11. The molecule has 1 heterocycles. The van der Waals surface area contributed by atoms with Crippen LogP contribution in [0.2, 0.25) is 0 Å². The number of hydrogen-bond acceptors (Lipinski definition) is 2. The predicted molar refractivity (Wildman–Crippen MR) is 66.1 cm³/mol. The third kappa shape index (κ3) is 2.02. The van der Waals surface area contributed by atoms with Crippen molar-refractivity contribution in [1.82, 2.24) is 0 Å². The maximum Gasteiger partial charge on any atom is 0.134 e. The van der Waals surface area contributed by atoms with E-state index in [-0.39, 0.29) is 0 Å². The monoisotopic (exact) mass is 215 g/mol. The Hall–Kier alpha value is -1.54. The average Bonchev–Trinajstić information content (AvgIpc) is 2.77. The van der Waals surface area contributed by atoms with Crippen LogP contribution in [0, 0.1) is 0 Å². The van der Waals surface area contributed by atoms with Gasteiger partial charge in [0.05, 0.1) is 6.54 Å². The van der Waals surface area contributed by atoms with E-state index >= 15 is 0 Å². The van der Waals surface area contributed by atoms with Gasteiger partial charge in [0.1, 0.15) is 11.5 Å². The molecule has 0 bridgehead atoms. The largest absolute Gasteiger partial charge is 0.460 e. The predicted octanol–water partition coefficient (Wildman–Crippen LogP) is 3.53. The number of benzene rings is 1. The van der Waals surface area contributed by atoms with Gasteiger partial charge in [0, 0.05) is 5.56 Å².